The van der Waals surface area contributed by atoms with E-state index in [0.717, 1.165) is 17.5 Å². The highest BCUT2D eigenvalue weighted by molar-refractivity contribution is 5.83. The van der Waals surface area contributed by atoms with Crippen molar-refractivity contribution < 1.29 is 4.79 Å². The number of benzene rings is 1. The first-order chi connectivity index (χ1) is 9.81. The van der Waals surface area contributed by atoms with Crippen LogP contribution in [-0.2, 0) is 11.2 Å². The lowest BCUT2D eigenvalue weighted by Crippen LogP contribution is -2.34. The number of aromatic nitrogens is 1. The van der Waals surface area contributed by atoms with Crippen LogP contribution in [0.25, 0.3) is 0 Å². The van der Waals surface area contributed by atoms with Gasteiger partial charge in [-0.1, -0.05) is 36.4 Å². The van der Waals surface area contributed by atoms with Gasteiger partial charge in [-0.25, -0.2) is 0 Å². The van der Waals surface area contributed by atoms with Crippen molar-refractivity contribution in [1.29, 1.82) is 0 Å². The Labute approximate surface area is 119 Å². The predicted octanol–water partition coefficient (Wildman–Crippen LogP) is 1.48. The van der Waals surface area contributed by atoms with Gasteiger partial charge < -0.3 is 11.1 Å². The number of nitrogens with one attached hydrogen (secondary N) is 1. The van der Waals surface area contributed by atoms with E-state index in [-0.39, 0.29) is 11.8 Å². The van der Waals surface area contributed by atoms with Crippen LogP contribution in [0.3, 0.4) is 0 Å². The highest BCUT2D eigenvalue weighted by Gasteiger charge is 2.17. The number of amides is 1. The molecule has 0 radical (unpaired) electrons. The minimum atomic E-state index is -0.287. The van der Waals surface area contributed by atoms with Gasteiger partial charge in [-0.3, -0.25) is 9.78 Å². The van der Waals surface area contributed by atoms with E-state index in [1.165, 1.54) is 0 Å². The fourth-order valence-corrected chi connectivity index (χ4v) is 2.08. The SMILES string of the molecule is NCC(C(=O)NCCc1cccnc1)c1ccccc1. The van der Waals surface area contributed by atoms with Crippen LogP contribution in [0.5, 0.6) is 0 Å². The molecule has 1 atom stereocenters. The van der Waals surface area contributed by atoms with Gasteiger partial charge in [-0.05, 0) is 23.6 Å². The van der Waals surface area contributed by atoms with Crippen molar-refractivity contribution in [3.8, 4) is 0 Å². The van der Waals surface area contributed by atoms with Gasteiger partial charge in [0, 0.05) is 25.5 Å². The summed E-state index contributed by atoms with van der Waals surface area (Å²) in [6.45, 7) is 0.899. The Kier molecular flexibility index (Phi) is 5.26. The molecule has 2 rings (SSSR count). The van der Waals surface area contributed by atoms with Crippen LogP contribution in [0, 0.1) is 0 Å². The third-order valence-electron chi connectivity index (χ3n) is 3.19. The second-order valence-electron chi connectivity index (χ2n) is 4.60. The fourth-order valence-electron chi connectivity index (χ4n) is 2.08. The number of carbonyl (C=O) groups excluding carboxylic acids is 1. The van der Waals surface area contributed by atoms with Crippen LogP contribution in [0.4, 0.5) is 0 Å². The Morgan fingerprint density at radius 2 is 2.00 bits per heavy atom. The molecule has 0 fully saturated rings. The van der Waals surface area contributed by atoms with E-state index in [1.54, 1.807) is 6.20 Å². The van der Waals surface area contributed by atoms with Crippen molar-refractivity contribution in [3.05, 3.63) is 66.0 Å². The van der Waals surface area contributed by atoms with Crippen LogP contribution < -0.4 is 11.1 Å². The Morgan fingerprint density at radius 3 is 2.65 bits per heavy atom. The van der Waals surface area contributed by atoms with E-state index >= 15 is 0 Å². The second kappa shape index (κ2) is 7.40. The Hall–Kier alpha value is -2.20. The maximum Gasteiger partial charge on any atom is 0.228 e. The van der Waals surface area contributed by atoms with E-state index < -0.39 is 0 Å². The third kappa shape index (κ3) is 3.90. The number of hydrogen-bond acceptors (Lipinski definition) is 3. The van der Waals surface area contributed by atoms with Crippen LogP contribution in [0.1, 0.15) is 17.0 Å². The molecule has 0 aliphatic heterocycles. The molecule has 1 aromatic heterocycles. The van der Waals surface area contributed by atoms with Crippen molar-refractivity contribution in [3.63, 3.8) is 0 Å². The van der Waals surface area contributed by atoms with Crippen molar-refractivity contribution in [2.45, 2.75) is 12.3 Å². The first kappa shape index (κ1) is 14.2. The molecule has 0 saturated carbocycles. The smallest absolute Gasteiger partial charge is 0.228 e. The van der Waals surface area contributed by atoms with Gasteiger partial charge >= 0.3 is 0 Å². The summed E-state index contributed by atoms with van der Waals surface area (Å²) in [5, 5.41) is 2.93. The molecule has 4 heteroatoms. The molecule has 0 bridgehead atoms. The molecular weight excluding hydrogens is 250 g/mol. The van der Waals surface area contributed by atoms with Crippen LogP contribution in [-0.4, -0.2) is 24.0 Å². The summed E-state index contributed by atoms with van der Waals surface area (Å²) in [7, 11) is 0. The number of rotatable bonds is 6. The third-order valence-corrected chi connectivity index (χ3v) is 3.19. The Morgan fingerprint density at radius 1 is 1.20 bits per heavy atom. The Bertz CT molecular complexity index is 528. The molecule has 0 aliphatic rings. The number of carbonyl (C=O) groups is 1. The normalized spacial score (nSPS) is 11.8. The first-order valence-electron chi connectivity index (χ1n) is 6.73. The lowest BCUT2D eigenvalue weighted by Gasteiger charge is -2.15. The summed E-state index contributed by atoms with van der Waals surface area (Å²) in [6, 6.07) is 13.5. The van der Waals surface area contributed by atoms with Crippen molar-refractivity contribution in [2.75, 3.05) is 13.1 Å². The minimum absolute atomic E-state index is 0.0254. The lowest BCUT2D eigenvalue weighted by molar-refractivity contribution is -0.122. The number of pyridine rings is 1. The summed E-state index contributed by atoms with van der Waals surface area (Å²) in [5.41, 5.74) is 7.78. The van der Waals surface area contributed by atoms with Crippen molar-refractivity contribution in [1.82, 2.24) is 10.3 Å². The molecule has 3 N–H and O–H groups in total. The second-order valence-corrected chi connectivity index (χ2v) is 4.60. The molecule has 1 amide bonds. The van der Waals surface area contributed by atoms with E-state index in [9.17, 15) is 4.79 Å². The monoisotopic (exact) mass is 269 g/mol. The molecule has 104 valence electrons. The zero-order valence-electron chi connectivity index (χ0n) is 11.3. The molecule has 2 aromatic rings. The number of nitrogens with zero attached hydrogens (tertiary/aromatic N) is 1. The van der Waals surface area contributed by atoms with Crippen LogP contribution >= 0.6 is 0 Å². The van der Waals surface area contributed by atoms with Crippen LogP contribution in [0.15, 0.2) is 54.9 Å². The molecule has 4 nitrogen and oxygen atoms in total. The first-order valence-corrected chi connectivity index (χ1v) is 6.73. The van der Waals surface area contributed by atoms with Gasteiger partial charge in [0.1, 0.15) is 0 Å². The van der Waals surface area contributed by atoms with Gasteiger partial charge in [0.25, 0.3) is 0 Å². The number of nitrogens with two attached hydrogens (primary N) is 1. The maximum absolute atomic E-state index is 12.2. The quantitative estimate of drug-likeness (QED) is 0.834. The van der Waals surface area contributed by atoms with Gasteiger partial charge in [0.15, 0.2) is 0 Å². The van der Waals surface area contributed by atoms with Gasteiger partial charge in [-0.15, -0.1) is 0 Å². The van der Waals surface area contributed by atoms with E-state index in [1.807, 2.05) is 48.7 Å². The molecular formula is C16H19N3O. The average molecular weight is 269 g/mol. The van der Waals surface area contributed by atoms with Gasteiger partial charge in [-0.2, -0.15) is 0 Å². The summed E-state index contributed by atoms with van der Waals surface area (Å²) < 4.78 is 0. The topological polar surface area (TPSA) is 68.0 Å². The van der Waals surface area contributed by atoms with Gasteiger partial charge in [0.2, 0.25) is 5.91 Å². The Balaban J connectivity index is 1.87. The summed E-state index contributed by atoms with van der Waals surface area (Å²) >= 11 is 0. The minimum Gasteiger partial charge on any atom is -0.355 e. The van der Waals surface area contributed by atoms with Crippen molar-refractivity contribution in [2.24, 2.45) is 5.73 Å². The zero-order valence-corrected chi connectivity index (χ0v) is 11.3. The molecule has 1 aromatic carbocycles. The average Bonchev–Trinajstić information content (AvgIpc) is 2.50. The summed E-state index contributed by atoms with van der Waals surface area (Å²) in [5.74, 6) is -0.312. The molecule has 20 heavy (non-hydrogen) atoms. The zero-order chi connectivity index (χ0) is 14.2. The molecule has 0 aliphatic carbocycles. The number of hydrogen-bond donors (Lipinski definition) is 2. The molecule has 0 spiro atoms. The fraction of sp³-hybridized carbons (Fsp3) is 0.250. The summed E-state index contributed by atoms with van der Waals surface area (Å²) in [4.78, 5) is 16.2. The molecule has 0 saturated heterocycles. The van der Waals surface area contributed by atoms with E-state index in [4.69, 9.17) is 5.73 Å². The van der Waals surface area contributed by atoms with Crippen LogP contribution in [0.2, 0.25) is 0 Å². The van der Waals surface area contributed by atoms with E-state index in [0.29, 0.717) is 13.1 Å². The molecule has 1 heterocycles. The maximum atomic E-state index is 12.2. The highest BCUT2D eigenvalue weighted by Crippen LogP contribution is 2.13. The predicted molar refractivity (Wildman–Crippen MR) is 79.2 cm³/mol. The van der Waals surface area contributed by atoms with Crippen molar-refractivity contribution >= 4 is 5.91 Å². The molecule has 1 unspecified atom stereocenters. The lowest BCUT2D eigenvalue weighted by atomic mass is 9.98. The summed E-state index contributed by atoms with van der Waals surface area (Å²) in [6.07, 6.45) is 4.32. The highest BCUT2D eigenvalue weighted by atomic mass is 16.1. The van der Waals surface area contributed by atoms with E-state index in [2.05, 4.69) is 10.3 Å². The largest absolute Gasteiger partial charge is 0.355 e. The van der Waals surface area contributed by atoms with Gasteiger partial charge in [0.05, 0.1) is 5.92 Å². The standard InChI is InChI=1S/C16H19N3O/c17-11-15(14-6-2-1-3-7-14)16(20)19-10-8-13-5-4-9-18-12-13/h1-7,9,12,15H,8,10-11,17H2,(H,19,20).